The average Bonchev–Trinajstić information content (AvgIpc) is 3.35. The minimum Gasteiger partial charge on any atom is -0.369 e. The lowest BCUT2D eigenvalue weighted by molar-refractivity contribution is -0.129. The molecule has 2 N–H and O–H groups in total. The molecule has 4 rings (SSSR count). The number of hydrogen-bond acceptors (Lipinski definition) is 4. The number of hydrogen-bond donors (Lipinski definition) is 1. The summed E-state index contributed by atoms with van der Waals surface area (Å²) < 4.78 is 1.84. The van der Waals surface area contributed by atoms with Crippen molar-refractivity contribution in [1.82, 2.24) is 19.7 Å². The van der Waals surface area contributed by atoms with Crippen LogP contribution in [0.1, 0.15) is 55.2 Å². The fourth-order valence-corrected chi connectivity index (χ4v) is 4.28. The molecule has 7 nitrogen and oxygen atoms in total. The van der Waals surface area contributed by atoms with E-state index in [1.54, 1.807) is 0 Å². The number of carbonyl (C=O) groups is 2. The fraction of sp³-hybridized carbons (Fsp3) is 0.500. The van der Waals surface area contributed by atoms with Crippen LogP contribution in [0, 0.1) is 0 Å². The zero-order valence-corrected chi connectivity index (χ0v) is 15.4. The zero-order valence-electron chi connectivity index (χ0n) is 15.4. The molecule has 1 unspecified atom stereocenters. The van der Waals surface area contributed by atoms with Crippen molar-refractivity contribution >= 4 is 11.8 Å². The molecule has 1 aromatic carbocycles. The molecule has 1 aromatic heterocycles. The molecule has 142 valence electrons. The van der Waals surface area contributed by atoms with Gasteiger partial charge in [0.25, 0.3) is 0 Å². The van der Waals surface area contributed by atoms with E-state index in [9.17, 15) is 9.59 Å². The van der Waals surface area contributed by atoms with E-state index in [4.69, 9.17) is 5.73 Å². The third kappa shape index (κ3) is 3.86. The van der Waals surface area contributed by atoms with Crippen molar-refractivity contribution in [2.45, 2.75) is 57.0 Å². The molecule has 0 radical (unpaired) electrons. The number of likely N-dealkylation sites (tertiary alicyclic amines) is 1. The monoisotopic (exact) mass is 367 g/mol. The van der Waals surface area contributed by atoms with Gasteiger partial charge in [0.1, 0.15) is 5.82 Å². The number of aromatic nitrogens is 3. The van der Waals surface area contributed by atoms with Gasteiger partial charge in [0.15, 0.2) is 5.82 Å². The summed E-state index contributed by atoms with van der Waals surface area (Å²) in [4.78, 5) is 30.5. The molecule has 1 saturated carbocycles. The first kappa shape index (κ1) is 17.7. The highest BCUT2D eigenvalue weighted by atomic mass is 16.2. The van der Waals surface area contributed by atoms with Crippen molar-refractivity contribution in [3.05, 3.63) is 47.5 Å². The van der Waals surface area contributed by atoms with Crippen LogP contribution in [0.15, 0.2) is 30.3 Å². The smallest absolute Gasteiger partial charge is 0.225 e. The first-order valence-electron chi connectivity index (χ1n) is 9.65. The Morgan fingerprint density at radius 2 is 1.93 bits per heavy atom. The quantitative estimate of drug-likeness (QED) is 0.839. The number of nitrogens with zero attached hydrogens (tertiary/aromatic N) is 4. The lowest BCUT2D eigenvalue weighted by Crippen LogP contribution is -2.34. The predicted octanol–water partition coefficient (Wildman–Crippen LogP) is 1.61. The van der Waals surface area contributed by atoms with Gasteiger partial charge in [-0.1, -0.05) is 43.2 Å². The summed E-state index contributed by atoms with van der Waals surface area (Å²) in [5, 5.41) is 4.51. The Kier molecular flexibility index (Phi) is 4.92. The maximum absolute atomic E-state index is 12.6. The summed E-state index contributed by atoms with van der Waals surface area (Å²) in [6.45, 7) is 1.25. The Balaban J connectivity index is 1.59. The highest BCUT2D eigenvalue weighted by Gasteiger charge is 2.38. The van der Waals surface area contributed by atoms with Gasteiger partial charge in [-0.2, -0.15) is 5.10 Å². The topological polar surface area (TPSA) is 94.1 Å². The highest BCUT2D eigenvalue weighted by Crippen LogP contribution is 2.33. The van der Waals surface area contributed by atoms with Crippen LogP contribution in [0.5, 0.6) is 0 Å². The predicted molar refractivity (Wildman–Crippen MR) is 99.8 cm³/mol. The van der Waals surface area contributed by atoms with E-state index >= 15 is 0 Å². The summed E-state index contributed by atoms with van der Waals surface area (Å²) in [5.74, 6) is 0.978. The van der Waals surface area contributed by atoms with Crippen LogP contribution < -0.4 is 5.73 Å². The summed E-state index contributed by atoms with van der Waals surface area (Å²) in [7, 11) is 0. The normalized spacial score (nSPS) is 20.5. The molecule has 27 heavy (non-hydrogen) atoms. The maximum atomic E-state index is 12.6. The average molecular weight is 367 g/mol. The Labute approximate surface area is 158 Å². The molecule has 7 heteroatoms. The second-order valence-corrected chi connectivity index (χ2v) is 7.56. The summed E-state index contributed by atoms with van der Waals surface area (Å²) in [6, 6.07) is 10.4. The number of amides is 2. The van der Waals surface area contributed by atoms with E-state index in [0.717, 1.165) is 24.2 Å². The van der Waals surface area contributed by atoms with Gasteiger partial charge in [0.2, 0.25) is 11.8 Å². The Morgan fingerprint density at radius 1 is 1.19 bits per heavy atom. The number of nitrogens with two attached hydrogens (primary N) is 1. The number of rotatable bonds is 6. The fourth-order valence-electron chi connectivity index (χ4n) is 4.28. The number of primary amides is 1. The first-order chi connectivity index (χ1) is 13.1. The van der Waals surface area contributed by atoms with Gasteiger partial charge in [-0.25, -0.2) is 9.67 Å². The Bertz CT molecular complexity index is 826. The van der Waals surface area contributed by atoms with Crippen LogP contribution in [-0.2, 0) is 22.6 Å². The maximum Gasteiger partial charge on any atom is 0.225 e. The van der Waals surface area contributed by atoms with Crippen LogP contribution in [0.25, 0.3) is 0 Å². The molecule has 2 aromatic rings. The largest absolute Gasteiger partial charge is 0.369 e. The van der Waals surface area contributed by atoms with Gasteiger partial charge < -0.3 is 10.6 Å². The highest BCUT2D eigenvalue weighted by molar-refractivity contribution is 5.80. The van der Waals surface area contributed by atoms with Gasteiger partial charge >= 0.3 is 0 Å². The molecule has 1 saturated heterocycles. The molecule has 2 amide bonds. The molecule has 0 spiro atoms. The Hall–Kier alpha value is -2.70. The minimum atomic E-state index is -0.450. The van der Waals surface area contributed by atoms with Crippen molar-refractivity contribution in [2.24, 2.45) is 5.73 Å². The van der Waals surface area contributed by atoms with Gasteiger partial charge in [-0.15, -0.1) is 0 Å². The van der Waals surface area contributed by atoms with Gasteiger partial charge in [0.05, 0.1) is 13.0 Å². The van der Waals surface area contributed by atoms with Crippen LogP contribution >= 0.6 is 0 Å². The zero-order chi connectivity index (χ0) is 18.8. The van der Waals surface area contributed by atoms with Crippen LogP contribution in [0.2, 0.25) is 0 Å². The standard InChI is InChI=1S/C20H25N5O2/c21-17(26)11-18-22-20(25(23-18)12-14-6-2-1-3-7-14)15-10-19(27)24(13-15)16-8-4-5-9-16/h1-3,6-7,15-16H,4-5,8-13H2,(H2,21,26). The van der Waals surface area contributed by atoms with Gasteiger partial charge in [-0.3, -0.25) is 9.59 Å². The second kappa shape index (κ2) is 7.50. The van der Waals surface area contributed by atoms with Gasteiger partial charge in [0, 0.05) is 24.9 Å². The first-order valence-corrected chi connectivity index (χ1v) is 9.65. The summed E-state index contributed by atoms with van der Waals surface area (Å²) >= 11 is 0. The van der Waals surface area contributed by atoms with Gasteiger partial charge in [-0.05, 0) is 18.4 Å². The molecular formula is C20H25N5O2. The van der Waals surface area contributed by atoms with Crippen LogP contribution in [0.3, 0.4) is 0 Å². The van der Waals surface area contributed by atoms with E-state index < -0.39 is 5.91 Å². The van der Waals surface area contributed by atoms with E-state index in [1.807, 2.05) is 39.9 Å². The third-order valence-corrected chi connectivity index (χ3v) is 5.54. The van der Waals surface area contributed by atoms with Crippen LogP contribution in [0.4, 0.5) is 0 Å². The number of benzene rings is 1. The third-order valence-electron chi connectivity index (χ3n) is 5.54. The lowest BCUT2D eigenvalue weighted by Gasteiger charge is -2.24. The SMILES string of the molecule is NC(=O)Cc1nc(C2CC(=O)N(C3CCCC3)C2)n(Cc2ccccc2)n1. The van der Waals surface area contributed by atoms with Crippen molar-refractivity contribution in [3.8, 4) is 0 Å². The Morgan fingerprint density at radius 3 is 2.63 bits per heavy atom. The molecule has 1 atom stereocenters. The lowest BCUT2D eigenvalue weighted by atomic mass is 10.1. The van der Waals surface area contributed by atoms with Crippen molar-refractivity contribution in [3.63, 3.8) is 0 Å². The number of carbonyl (C=O) groups excluding carboxylic acids is 2. The second-order valence-electron chi connectivity index (χ2n) is 7.56. The van der Waals surface area contributed by atoms with E-state index in [2.05, 4.69) is 10.1 Å². The molecule has 2 aliphatic rings. The molecular weight excluding hydrogens is 342 g/mol. The van der Waals surface area contributed by atoms with E-state index in [1.165, 1.54) is 12.8 Å². The summed E-state index contributed by atoms with van der Waals surface area (Å²) in [6.07, 6.45) is 5.07. The van der Waals surface area contributed by atoms with Crippen LogP contribution in [-0.4, -0.2) is 44.1 Å². The summed E-state index contributed by atoms with van der Waals surface area (Å²) in [5.41, 5.74) is 6.43. The minimum absolute atomic E-state index is 0.0101. The molecule has 1 aliphatic heterocycles. The molecule has 2 fully saturated rings. The molecule has 2 heterocycles. The van der Waals surface area contributed by atoms with Crippen molar-refractivity contribution < 1.29 is 9.59 Å². The van der Waals surface area contributed by atoms with Crippen molar-refractivity contribution in [2.75, 3.05) is 6.54 Å². The van der Waals surface area contributed by atoms with Crippen molar-refractivity contribution in [1.29, 1.82) is 0 Å². The molecule has 1 aliphatic carbocycles. The molecule has 0 bridgehead atoms. The van der Waals surface area contributed by atoms with E-state index in [-0.39, 0.29) is 18.2 Å². The van der Waals surface area contributed by atoms with E-state index in [0.29, 0.717) is 31.4 Å².